The monoisotopic (exact) mass is 467 g/mol. The van der Waals surface area contributed by atoms with Crippen LogP contribution in [0.4, 0.5) is 0 Å². The molecule has 0 bridgehead atoms. The lowest BCUT2D eigenvalue weighted by Crippen LogP contribution is -2.38. The van der Waals surface area contributed by atoms with E-state index in [0.29, 0.717) is 6.54 Å². The van der Waals surface area contributed by atoms with Crippen LogP contribution in [0.5, 0.6) is 5.75 Å². The number of hydrogen-bond acceptors (Lipinski definition) is 5. The Labute approximate surface area is 207 Å². The molecule has 0 aliphatic carbocycles. The number of nitrogens with zero attached hydrogens (tertiary/aromatic N) is 3. The van der Waals surface area contributed by atoms with E-state index in [1.807, 2.05) is 30.5 Å². The SMILES string of the molecule is OC(COc1cccc2cnccc12)CN1CCCN(C(c2ccccc2)c2ccccc2)CC1. The minimum Gasteiger partial charge on any atom is -0.490 e. The first kappa shape index (κ1) is 23.5. The van der Waals surface area contributed by atoms with Crippen LogP contribution < -0.4 is 4.74 Å². The molecular formula is C30H33N3O2. The molecule has 4 aromatic rings. The summed E-state index contributed by atoms with van der Waals surface area (Å²) in [6.07, 6.45) is 4.13. The molecule has 180 valence electrons. The van der Waals surface area contributed by atoms with Gasteiger partial charge < -0.3 is 9.84 Å². The van der Waals surface area contributed by atoms with Crippen molar-refractivity contribution >= 4 is 10.8 Å². The van der Waals surface area contributed by atoms with Crippen molar-refractivity contribution < 1.29 is 9.84 Å². The molecule has 1 unspecified atom stereocenters. The smallest absolute Gasteiger partial charge is 0.127 e. The van der Waals surface area contributed by atoms with Crippen molar-refractivity contribution in [1.29, 1.82) is 0 Å². The van der Waals surface area contributed by atoms with Gasteiger partial charge in [-0.05, 0) is 36.2 Å². The quantitative estimate of drug-likeness (QED) is 0.404. The lowest BCUT2D eigenvalue weighted by atomic mass is 9.97. The number of aliphatic hydroxyl groups is 1. The van der Waals surface area contributed by atoms with Gasteiger partial charge in [0, 0.05) is 49.3 Å². The molecule has 1 fully saturated rings. The number of hydrogen-bond donors (Lipinski definition) is 1. The summed E-state index contributed by atoms with van der Waals surface area (Å²) >= 11 is 0. The third-order valence-corrected chi connectivity index (χ3v) is 6.76. The van der Waals surface area contributed by atoms with Gasteiger partial charge in [0.2, 0.25) is 0 Å². The van der Waals surface area contributed by atoms with Gasteiger partial charge >= 0.3 is 0 Å². The summed E-state index contributed by atoms with van der Waals surface area (Å²) in [4.78, 5) is 9.13. The van der Waals surface area contributed by atoms with Crippen LogP contribution in [-0.4, -0.2) is 65.3 Å². The van der Waals surface area contributed by atoms with Crippen molar-refractivity contribution in [3.8, 4) is 5.75 Å². The largest absolute Gasteiger partial charge is 0.490 e. The van der Waals surface area contributed by atoms with E-state index in [4.69, 9.17) is 4.74 Å². The van der Waals surface area contributed by atoms with Crippen molar-refractivity contribution in [2.75, 3.05) is 39.3 Å². The molecule has 1 aromatic heterocycles. The number of aliphatic hydroxyl groups excluding tert-OH is 1. The molecular weight excluding hydrogens is 434 g/mol. The number of benzene rings is 3. The highest BCUT2D eigenvalue weighted by Gasteiger charge is 2.25. The van der Waals surface area contributed by atoms with Crippen LogP contribution in [0, 0.1) is 0 Å². The molecule has 5 nitrogen and oxygen atoms in total. The van der Waals surface area contributed by atoms with Crippen LogP contribution >= 0.6 is 0 Å². The molecule has 1 aliphatic heterocycles. The summed E-state index contributed by atoms with van der Waals surface area (Å²) < 4.78 is 6.01. The molecule has 0 radical (unpaired) electrons. The molecule has 1 saturated heterocycles. The van der Waals surface area contributed by atoms with Crippen molar-refractivity contribution in [1.82, 2.24) is 14.8 Å². The van der Waals surface area contributed by atoms with Gasteiger partial charge in [0.05, 0.1) is 6.04 Å². The number of fused-ring (bicyclic) bond motifs is 1. The molecule has 5 rings (SSSR count). The molecule has 35 heavy (non-hydrogen) atoms. The summed E-state index contributed by atoms with van der Waals surface area (Å²) in [7, 11) is 0. The summed E-state index contributed by atoms with van der Waals surface area (Å²) in [6.45, 7) is 4.77. The first-order valence-corrected chi connectivity index (χ1v) is 12.5. The standard InChI is InChI=1S/C30H33N3O2/c34-27(23-35-29-14-7-13-26-21-31-16-15-28(26)29)22-32-17-8-18-33(20-19-32)30(24-9-3-1-4-10-24)25-11-5-2-6-12-25/h1-7,9-16,21,27,30,34H,8,17-20,22-23H2. The highest BCUT2D eigenvalue weighted by molar-refractivity contribution is 5.87. The molecule has 1 N–H and O–H groups in total. The second-order valence-corrected chi connectivity index (χ2v) is 9.23. The zero-order chi connectivity index (χ0) is 23.9. The Morgan fingerprint density at radius 3 is 2.29 bits per heavy atom. The van der Waals surface area contributed by atoms with Crippen LogP contribution in [0.3, 0.4) is 0 Å². The molecule has 0 amide bonds. The first-order chi connectivity index (χ1) is 17.3. The Morgan fingerprint density at radius 2 is 1.54 bits per heavy atom. The molecule has 1 aliphatic rings. The second kappa shape index (κ2) is 11.5. The van der Waals surface area contributed by atoms with E-state index in [9.17, 15) is 5.11 Å². The predicted molar refractivity (Wildman–Crippen MR) is 141 cm³/mol. The molecule has 5 heteroatoms. The lowest BCUT2D eigenvalue weighted by molar-refractivity contribution is 0.0695. The van der Waals surface area contributed by atoms with E-state index < -0.39 is 6.10 Å². The normalized spacial score (nSPS) is 16.3. The number of β-amino-alcohol motifs (C(OH)–C–C–N with tert-alkyl or cyclic N) is 1. The molecule has 0 saturated carbocycles. The number of rotatable bonds is 8. The fourth-order valence-corrected chi connectivity index (χ4v) is 5.07. The van der Waals surface area contributed by atoms with Crippen molar-refractivity contribution in [3.05, 3.63) is 108 Å². The maximum absolute atomic E-state index is 10.8. The Hall–Kier alpha value is -3.25. The van der Waals surface area contributed by atoms with Crippen LogP contribution in [0.25, 0.3) is 10.8 Å². The van der Waals surface area contributed by atoms with Gasteiger partial charge in [-0.15, -0.1) is 0 Å². The van der Waals surface area contributed by atoms with Gasteiger partial charge in [-0.1, -0.05) is 72.8 Å². The van der Waals surface area contributed by atoms with E-state index in [0.717, 1.165) is 49.1 Å². The fraction of sp³-hybridized carbons (Fsp3) is 0.300. The average molecular weight is 468 g/mol. The van der Waals surface area contributed by atoms with Gasteiger partial charge in [0.15, 0.2) is 0 Å². The zero-order valence-corrected chi connectivity index (χ0v) is 20.0. The van der Waals surface area contributed by atoms with Gasteiger partial charge in [-0.3, -0.25) is 14.8 Å². The Balaban J connectivity index is 1.20. The van der Waals surface area contributed by atoms with Crippen molar-refractivity contribution in [3.63, 3.8) is 0 Å². The van der Waals surface area contributed by atoms with Crippen molar-refractivity contribution in [2.24, 2.45) is 0 Å². The molecule has 2 heterocycles. The van der Waals surface area contributed by atoms with E-state index in [-0.39, 0.29) is 12.6 Å². The third-order valence-electron chi connectivity index (χ3n) is 6.76. The van der Waals surface area contributed by atoms with Gasteiger partial charge in [0.1, 0.15) is 18.5 Å². The zero-order valence-electron chi connectivity index (χ0n) is 20.0. The molecule has 0 spiro atoms. The summed E-state index contributed by atoms with van der Waals surface area (Å²) in [6, 6.07) is 29.7. The predicted octanol–water partition coefficient (Wildman–Crippen LogP) is 4.77. The van der Waals surface area contributed by atoms with E-state index in [1.165, 1.54) is 11.1 Å². The van der Waals surface area contributed by atoms with Crippen LogP contribution in [-0.2, 0) is 0 Å². The minimum absolute atomic E-state index is 0.242. The second-order valence-electron chi connectivity index (χ2n) is 9.23. The third kappa shape index (κ3) is 5.88. The topological polar surface area (TPSA) is 48.8 Å². The van der Waals surface area contributed by atoms with Crippen molar-refractivity contribution in [2.45, 2.75) is 18.6 Å². The van der Waals surface area contributed by atoms with Crippen LogP contribution in [0.15, 0.2) is 97.3 Å². The Kier molecular flexibility index (Phi) is 7.69. The minimum atomic E-state index is -0.544. The average Bonchev–Trinajstić information content (AvgIpc) is 3.14. The fourth-order valence-electron chi connectivity index (χ4n) is 5.07. The lowest BCUT2D eigenvalue weighted by Gasteiger charge is -2.32. The van der Waals surface area contributed by atoms with Gasteiger partial charge in [-0.2, -0.15) is 0 Å². The van der Waals surface area contributed by atoms with E-state index >= 15 is 0 Å². The molecule has 1 atom stereocenters. The van der Waals surface area contributed by atoms with Gasteiger partial charge in [-0.25, -0.2) is 0 Å². The molecule has 3 aromatic carbocycles. The van der Waals surface area contributed by atoms with Gasteiger partial charge in [0.25, 0.3) is 0 Å². The van der Waals surface area contributed by atoms with E-state index in [1.54, 1.807) is 6.20 Å². The summed E-state index contributed by atoms with van der Waals surface area (Å²) in [5.41, 5.74) is 2.65. The highest BCUT2D eigenvalue weighted by atomic mass is 16.5. The first-order valence-electron chi connectivity index (χ1n) is 12.5. The number of aromatic nitrogens is 1. The van der Waals surface area contributed by atoms with Crippen LogP contribution in [0.1, 0.15) is 23.6 Å². The highest BCUT2D eigenvalue weighted by Crippen LogP contribution is 2.29. The van der Waals surface area contributed by atoms with E-state index in [2.05, 4.69) is 75.4 Å². The Bertz CT molecular complexity index is 1160. The maximum Gasteiger partial charge on any atom is 0.127 e. The number of ether oxygens (including phenoxy) is 1. The number of pyridine rings is 1. The van der Waals surface area contributed by atoms with Crippen LogP contribution in [0.2, 0.25) is 0 Å². The maximum atomic E-state index is 10.8. The summed E-state index contributed by atoms with van der Waals surface area (Å²) in [5, 5.41) is 12.8. The summed E-state index contributed by atoms with van der Waals surface area (Å²) in [5.74, 6) is 0.791. The Morgan fingerprint density at radius 1 is 0.800 bits per heavy atom.